The van der Waals surface area contributed by atoms with Crippen molar-refractivity contribution in [3.8, 4) is 0 Å². The van der Waals surface area contributed by atoms with Crippen LogP contribution in [0.25, 0.3) is 0 Å². The fourth-order valence-corrected chi connectivity index (χ4v) is 1.05. The molecule has 0 saturated carbocycles. The largest absolute Gasteiger partial charge is 0.458 e. The molecule has 0 aliphatic rings. The van der Waals surface area contributed by atoms with Crippen LogP contribution in [0.3, 0.4) is 0 Å². The monoisotopic (exact) mass is 272 g/mol. The summed E-state index contributed by atoms with van der Waals surface area (Å²) in [6.07, 6.45) is -0.233. The van der Waals surface area contributed by atoms with Crippen molar-refractivity contribution < 1.29 is 29.3 Å². The zero-order valence-electron chi connectivity index (χ0n) is 11.1. The normalized spacial score (nSPS) is 11.5. The van der Waals surface area contributed by atoms with Gasteiger partial charge in [0.05, 0.1) is 6.61 Å². The molecular weight excluding hydrogens is 252 g/mol. The number of esters is 2. The standard InChI is InChI=1S/C13H20O6/c1-9(2)12(16)18-8-11(7-15)19-13(17)10(3)5-4-6-14/h11,14-15H,1,3-8H2,2H3. The third-order valence-electron chi connectivity index (χ3n) is 2.15. The van der Waals surface area contributed by atoms with Gasteiger partial charge < -0.3 is 19.7 Å². The van der Waals surface area contributed by atoms with Gasteiger partial charge in [-0.25, -0.2) is 9.59 Å². The molecule has 0 rings (SSSR count). The molecule has 108 valence electrons. The fourth-order valence-electron chi connectivity index (χ4n) is 1.05. The van der Waals surface area contributed by atoms with Crippen molar-refractivity contribution in [1.82, 2.24) is 0 Å². The van der Waals surface area contributed by atoms with E-state index >= 15 is 0 Å². The molecule has 19 heavy (non-hydrogen) atoms. The van der Waals surface area contributed by atoms with Gasteiger partial charge in [-0.2, -0.15) is 0 Å². The molecule has 0 aromatic carbocycles. The Bertz CT molecular complexity index is 347. The van der Waals surface area contributed by atoms with E-state index in [2.05, 4.69) is 13.2 Å². The van der Waals surface area contributed by atoms with Crippen LogP contribution in [0.4, 0.5) is 0 Å². The number of hydrogen-bond donors (Lipinski definition) is 2. The van der Waals surface area contributed by atoms with Gasteiger partial charge in [0, 0.05) is 17.8 Å². The Morgan fingerprint density at radius 3 is 2.32 bits per heavy atom. The summed E-state index contributed by atoms with van der Waals surface area (Å²) in [5, 5.41) is 17.6. The summed E-state index contributed by atoms with van der Waals surface area (Å²) in [7, 11) is 0. The van der Waals surface area contributed by atoms with E-state index in [4.69, 9.17) is 19.7 Å². The van der Waals surface area contributed by atoms with Crippen LogP contribution in [0.15, 0.2) is 24.3 Å². The Morgan fingerprint density at radius 1 is 1.21 bits per heavy atom. The highest BCUT2D eigenvalue weighted by Gasteiger charge is 2.18. The number of rotatable bonds is 9. The summed E-state index contributed by atoms with van der Waals surface area (Å²) in [4.78, 5) is 22.7. The molecular formula is C13H20O6. The van der Waals surface area contributed by atoms with Crippen molar-refractivity contribution in [3.63, 3.8) is 0 Å². The highest BCUT2D eigenvalue weighted by molar-refractivity contribution is 5.88. The van der Waals surface area contributed by atoms with Gasteiger partial charge in [0.2, 0.25) is 0 Å². The minimum absolute atomic E-state index is 0.0496. The molecule has 0 aliphatic carbocycles. The maximum Gasteiger partial charge on any atom is 0.333 e. The number of ether oxygens (including phenoxy) is 2. The molecule has 0 saturated heterocycles. The first-order valence-electron chi connectivity index (χ1n) is 5.85. The van der Waals surface area contributed by atoms with E-state index in [0.717, 1.165) is 0 Å². The lowest BCUT2D eigenvalue weighted by molar-refractivity contribution is -0.156. The van der Waals surface area contributed by atoms with Crippen molar-refractivity contribution >= 4 is 11.9 Å². The second kappa shape index (κ2) is 9.29. The van der Waals surface area contributed by atoms with E-state index < -0.39 is 24.6 Å². The van der Waals surface area contributed by atoms with E-state index in [1.54, 1.807) is 0 Å². The molecule has 1 atom stereocenters. The highest BCUT2D eigenvalue weighted by atomic mass is 16.6. The Balaban J connectivity index is 4.17. The zero-order chi connectivity index (χ0) is 14.8. The van der Waals surface area contributed by atoms with Crippen LogP contribution in [0.2, 0.25) is 0 Å². The van der Waals surface area contributed by atoms with E-state index in [-0.39, 0.29) is 24.4 Å². The molecule has 0 aromatic rings. The molecule has 1 unspecified atom stereocenters. The zero-order valence-corrected chi connectivity index (χ0v) is 11.1. The minimum atomic E-state index is -0.943. The first-order chi connectivity index (χ1) is 8.92. The van der Waals surface area contributed by atoms with Crippen LogP contribution in [0.5, 0.6) is 0 Å². The molecule has 0 aliphatic heterocycles. The SMILES string of the molecule is C=C(C)C(=O)OCC(CO)OC(=O)C(=C)CCCO. The van der Waals surface area contributed by atoms with Crippen LogP contribution >= 0.6 is 0 Å². The molecule has 2 N–H and O–H groups in total. The number of carbonyl (C=O) groups is 2. The van der Waals surface area contributed by atoms with Crippen LogP contribution in [-0.4, -0.2) is 48.1 Å². The first-order valence-corrected chi connectivity index (χ1v) is 5.85. The van der Waals surface area contributed by atoms with E-state index in [1.807, 2.05) is 0 Å². The van der Waals surface area contributed by atoms with Crippen molar-refractivity contribution in [1.29, 1.82) is 0 Å². The Kier molecular flexibility index (Phi) is 8.48. The Labute approximate surface area is 112 Å². The summed E-state index contributed by atoms with van der Waals surface area (Å²) < 4.78 is 9.68. The molecule has 0 heterocycles. The lowest BCUT2D eigenvalue weighted by Gasteiger charge is -2.16. The summed E-state index contributed by atoms with van der Waals surface area (Å²) in [6, 6.07) is 0. The second-order valence-corrected chi connectivity index (χ2v) is 4.02. The molecule has 0 bridgehead atoms. The minimum Gasteiger partial charge on any atom is -0.458 e. The van der Waals surface area contributed by atoms with Gasteiger partial charge >= 0.3 is 11.9 Å². The average molecular weight is 272 g/mol. The molecule has 0 spiro atoms. The van der Waals surface area contributed by atoms with Crippen molar-refractivity contribution in [2.45, 2.75) is 25.9 Å². The van der Waals surface area contributed by atoms with Gasteiger partial charge in [-0.05, 0) is 19.8 Å². The maximum atomic E-state index is 11.5. The number of aliphatic hydroxyl groups is 2. The molecule has 0 fully saturated rings. The highest BCUT2D eigenvalue weighted by Crippen LogP contribution is 2.07. The fraction of sp³-hybridized carbons (Fsp3) is 0.538. The van der Waals surface area contributed by atoms with Crippen molar-refractivity contribution in [2.24, 2.45) is 0 Å². The predicted octanol–water partition coefficient (Wildman–Crippen LogP) is 0.338. The summed E-state index contributed by atoms with van der Waals surface area (Å²) >= 11 is 0. The third kappa shape index (κ3) is 7.38. The van der Waals surface area contributed by atoms with E-state index in [9.17, 15) is 9.59 Å². The maximum absolute atomic E-state index is 11.5. The summed E-state index contributed by atoms with van der Waals surface area (Å²) in [6.45, 7) is 7.63. The first kappa shape index (κ1) is 17.3. The van der Waals surface area contributed by atoms with E-state index in [1.165, 1.54) is 6.92 Å². The van der Waals surface area contributed by atoms with Crippen LogP contribution < -0.4 is 0 Å². The molecule has 6 nitrogen and oxygen atoms in total. The molecule has 0 aromatic heterocycles. The smallest absolute Gasteiger partial charge is 0.333 e. The van der Waals surface area contributed by atoms with Gasteiger partial charge in [-0.15, -0.1) is 0 Å². The van der Waals surface area contributed by atoms with Crippen LogP contribution in [0.1, 0.15) is 19.8 Å². The van der Waals surface area contributed by atoms with Crippen molar-refractivity contribution in [2.75, 3.05) is 19.8 Å². The number of hydrogen-bond acceptors (Lipinski definition) is 6. The van der Waals surface area contributed by atoms with Gasteiger partial charge in [0.25, 0.3) is 0 Å². The molecule has 0 amide bonds. The lowest BCUT2D eigenvalue weighted by atomic mass is 10.2. The summed E-state index contributed by atoms with van der Waals surface area (Å²) in [5.41, 5.74) is 0.411. The Morgan fingerprint density at radius 2 is 1.84 bits per heavy atom. The van der Waals surface area contributed by atoms with Gasteiger partial charge in [0.15, 0.2) is 6.10 Å². The van der Waals surface area contributed by atoms with Gasteiger partial charge in [-0.3, -0.25) is 0 Å². The quantitative estimate of drug-likeness (QED) is 0.464. The number of carbonyl (C=O) groups excluding carboxylic acids is 2. The average Bonchev–Trinajstić information content (AvgIpc) is 2.39. The molecule has 6 heteroatoms. The topological polar surface area (TPSA) is 93.1 Å². The molecule has 0 radical (unpaired) electrons. The lowest BCUT2D eigenvalue weighted by Crippen LogP contribution is -2.29. The van der Waals surface area contributed by atoms with Crippen LogP contribution in [0, 0.1) is 0 Å². The van der Waals surface area contributed by atoms with Gasteiger partial charge in [0.1, 0.15) is 6.61 Å². The van der Waals surface area contributed by atoms with Crippen LogP contribution in [-0.2, 0) is 19.1 Å². The third-order valence-corrected chi connectivity index (χ3v) is 2.15. The van der Waals surface area contributed by atoms with E-state index in [0.29, 0.717) is 12.8 Å². The number of aliphatic hydroxyl groups excluding tert-OH is 2. The van der Waals surface area contributed by atoms with Crippen molar-refractivity contribution in [3.05, 3.63) is 24.3 Å². The second-order valence-electron chi connectivity index (χ2n) is 4.02. The predicted molar refractivity (Wildman–Crippen MR) is 68.2 cm³/mol. The van der Waals surface area contributed by atoms with Gasteiger partial charge in [-0.1, -0.05) is 13.2 Å². The summed E-state index contributed by atoms with van der Waals surface area (Å²) in [5.74, 6) is -1.30. The Hall–Kier alpha value is -1.66.